The first-order valence-electron chi connectivity index (χ1n) is 14.5. The van der Waals surface area contributed by atoms with E-state index in [1.54, 1.807) is 6.07 Å². The van der Waals surface area contributed by atoms with Gasteiger partial charge in [0.2, 0.25) is 0 Å². The zero-order valence-electron chi connectivity index (χ0n) is 23.6. The highest BCUT2D eigenvalue weighted by Gasteiger charge is 2.31. The summed E-state index contributed by atoms with van der Waals surface area (Å²) in [5.74, 6) is 0.402. The van der Waals surface area contributed by atoms with Crippen LogP contribution in [0.15, 0.2) is 72.8 Å². The highest BCUT2D eigenvalue weighted by atomic mass is 35.5. The molecule has 6 nitrogen and oxygen atoms in total. The Hall–Kier alpha value is -3.32. The van der Waals surface area contributed by atoms with Gasteiger partial charge in [-0.2, -0.15) is 0 Å². The molecule has 1 fully saturated rings. The lowest BCUT2D eigenvalue weighted by Gasteiger charge is -2.28. The van der Waals surface area contributed by atoms with Crippen LogP contribution in [0.4, 0.5) is 0 Å². The quantitative estimate of drug-likeness (QED) is 0.238. The molecule has 3 aromatic carbocycles. The minimum absolute atomic E-state index is 0. The van der Waals surface area contributed by atoms with Crippen molar-refractivity contribution in [3.8, 4) is 17.0 Å². The Balaban J connectivity index is 0.00000337. The fourth-order valence-electron chi connectivity index (χ4n) is 6.47. The van der Waals surface area contributed by atoms with Crippen LogP contribution in [0.3, 0.4) is 0 Å². The minimum Gasteiger partial charge on any atom is -0.490 e. The number of benzene rings is 3. The monoisotopic (exact) mass is 574 g/mol. The van der Waals surface area contributed by atoms with Gasteiger partial charge in [-0.15, -0.1) is 12.4 Å². The summed E-state index contributed by atoms with van der Waals surface area (Å²) in [5, 5.41) is 11.0. The second-order valence-corrected chi connectivity index (χ2v) is 11.3. The van der Waals surface area contributed by atoms with E-state index >= 15 is 0 Å². The Kier molecular flexibility index (Phi) is 9.33. The van der Waals surface area contributed by atoms with Gasteiger partial charge in [0.15, 0.2) is 0 Å². The summed E-state index contributed by atoms with van der Waals surface area (Å²) in [6.45, 7) is 3.31. The van der Waals surface area contributed by atoms with Crippen molar-refractivity contribution in [2.75, 3.05) is 26.8 Å². The van der Waals surface area contributed by atoms with E-state index in [4.69, 9.17) is 9.47 Å². The number of rotatable bonds is 8. The lowest BCUT2D eigenvalue weighted by Crippen LogP contribution is -2.32. The first-order valence-corrected chi connectivity index (χ1v) is 14.5. The van der Waals surface area contributed by atoms with Crippen molar-refractivity contribution in [1.29, 1.82) is 0 Å². The first-order chi connectivity index (χ1) is 19.6. The maximum atomic E-state index is 12.0. The van der Waals surface area contributed by atoms with Crippen LogP contribution in [-0.4, -0.2) is 53.5 Å². The summed E-state index contributed by atoms with van der Waals surface area (Å²) in [6.07, 6.45) is 5.88. The molecule has 2 heterocycles. The number of hydrogen-bond donors (Lipinski definition) is 1. The van der Waals surface area contributed by atoms with Gasteiger partial charge < -0.3 is 19.1 Å². The van der Waals surface area contributed by atoms with Crippen molar-refractivity contribution in [3.05, 3.63) is 89.5 Å². The van der Waals surface area contributed by atoms with E-state index < -0.39 is 5.97 Å². The van der Waals surface area contributed by atoms with E-state index in [9.17, 15) is 9.90 Å². The highest BCUT2D eigenvalue weighted by Crippen LogP contribution is 2.47. The van der Waals surface area contributed by atoms with Crippen molar-refractivity contribution in [3.63, 3.8) is 0 Å². The number of carboxylic acids is 1. The number of carboxylic acid groups (broad SMARTS) is 1. The van der Waals surface area contributed by atoms with E-state index in [0.717, 1.165) is 53.8 Å². The summed E-state index contributed by atoms with van der Waals surface area (Å²) < 4.78 is 15.2. The molecule has 2 aliphatic rings. The van der Waals surface area contributed by atoms with Gasteiger partial charge >= 0.3 is 5.97 Å². The number of para-hydroxylation sites is 1. The number of hydrogen-bond acceptors (Lipinski definition) is 4. The van der Waals surface area contributed by atoms with Crippen LogP contribution in [0, 0.1) is 0 Å². The number of fused-ring (bicyclic) bond motifs is 5. The third-order valence-electron chi connectivity index (χ3n) is 8.44. The number of ether oxygens (including phenoxy) is 2. The van der Waals surface area contributed by atoms with Gasteiger partial charge in [0.1, 0.15) is 18.5 Å². The van der Waals surface area contributed by atoms with Crippen LogP contribution in [0.25, 0.3) is 22.2 Å². The van der Waals surface area contributed by atoms with Crippen LogP contribution < -0.4 is 4.74 Å². The molecule has 0 amide bonds. The van der Waals surface area contributed by atoms with Gasteiger partial charge in [-0.25, -0.2) is 4.79 Å². The molecule has 0 unspecified atom stereocenters. The summed E-state index contributed by atoms with van der Waals surface area (Å²) in [4.78, 5) is 14.3. The average Bonchev–Trinajstić information content (AvgIpc) is 3.28. The molecule has 0 radical (unpaired) electrons. The Labute approximate surface area is 248 Å². The third kappa shape index (κ3) is 6.30. The van der Waals surface area contributed by atoms with E-state index in [1.807, 2.05) is 30.3 Å². The van der Waals surface area contributed by atoms with Crippen molar-refractivity contribution < 1.29 is 19.4 Å². The van der Waals surface area contributed by atoms with Crippen molar-refractivity contribution in [2.24, 2.45) is 0 Å². The average molecular weight is 575 g/mol. The van der Waals surface area contributed by atoms with Crippen molar-refractivity contribution in [2.45, 2.75) is 57.2 Å². The van der Waals surface area contributed by atoms with Crippen LogP contribution in [-0.2, 0) is 17.8 Å². The van der Waals surface area contributed by atoms with E-state index in [0.29, 0.717) is 31.2 Å². The van der Waals surface area contributed by atoms with Crippen molar-refractivity contribution >= 4 is 29.3 Å². The fraction of sp³-hybridized carbons (Fsp3) is 0.382. The minimum atomic E-state index is -0.902. The fourth-order valence-corrected chi connectivity index (χ4v) is 6.47. The lowest BCUT2D eigenvalue weighted by molar-refractivity contribution is 0.00173. The van der Waals surface area contributed by atoms with Gasteiger partial charge in [0.05, 0.1) is 24.4 Å². The second-order valence-electron chi connectivity index (χ2n) is 11.3. The summed E-state index contributed by atoms with van der Waals surface area (Å²) in [5.41, 5.74) is 6.15. The van der Waals surface area contributed by atoms with Crippen molar-refractivity contribution in [1.82, 2.24) is 9.47 Å². The molecule has 7 heteroatoms. The smallest absolute Gasteiger partial charge is 0.335 e. The Morgan fingerprint density at radius 1 is 1.02 bits per heavy atom. The zero-order chi connectivity index (χ0) is 27.5. The largest absolute Gasteiger partial charge is 0.490 e. The maximum absolute atomic E-state index is 12.0. The molecule has 6 rings (SSSR count). The van der Waals surface area contributed by atoms with Gasteiger partial charge in [0, 0.05) is 29.6 Å². The van der Waals surface area contributed by atoms with E-state index in [2.05, 4.69) is 52.9 Å². The molecule has 41 heavy (non-hydrogen) atoms. The number of halogens is 1. The number of aromatic carboxylic acids is 1. The maximum Gasteiger partial charge on any atom is 0.335 e. The molecule has 1 saturated carbocycles. The molecule has 4 aromatic rings. The topological polar surface area (TPSA) is 63.9 Å². The number of likely N-dealkylation sites (N-methyl/N-ethyl adjacent to an activating group) is 1. The van der Waals surface area contributed by atoms with Gasteiger partial charge in [0.25, 0.3) is 0 Å². The first kappa shape index (κ1) is 29.2. The molecular formula is C34H39ClN2O4. The number of carbonyl (C=O) groups is 1. The number of aromatic nitrogens is 1. The predicted octanol–water partition coefficient (Wildman–Crippen LogP) is 7.39. The third-order valence-corrected chi connectivity index (χ3v) is 8.44. The molecular weight excluding hydrogens is 536 g/mol. The van der Waals surface area contributed by atoms with Crippen LogP contribution in [0.2, 0.25) is 0 Å². The zero-order valence-corrected chi connectivity index (χ0v) is 24.4. The van der Waals surface area contributed by atoms with Gasteiger partial charge in [-0.1, -0.05) is 67.8 Å². The SMILES string of the molecule is CN(CCO[C@@H]1COc2ccccc2-c2c(C3CCCCC3)c3ccc(C(=O)O)cc3n2C1)Cc1ccccc1.Cl. The summed E-state index contributed by atoms with van der Waals surface area (Å²) in [7, 11) is 2.11. The Morgan fingerprint density at radius 3 is 2.56 bits per heavy atom. The van der Waals surface area contributed by atoms with Crippen LogP contribution in [0.5, 0.6) is 5.75 Å². The summed E-state index contributed by atoms with van der Waals surface area (Å²) in [6, 6.07) is 24.4. The molecule has 0 spiro atoms. The lowest BCUT2D eigenvalue weighted by atomic mass is 9.81. The molecule has 1 aromatic heterocycles. The number of nitrogens with zero attached hydrogens (tertiary/aromatic N) is 2. The van der Waals surface area contributed by atoms with Crippen LogP contribution in [0.1, 0.15) is 59.5 Å². The molecule has 216 valence electrons. The molecule has 1 atom stereocenters. The van der Waals surface area contributed by atoms with Crippen LogP contribution >= 0.6 is 12.4 Å². The summed E-state index contributed by atoms with van der Waals surface area (Å²) >= 11 is 0. The van der Waals surface area contributed by atoms with Gasteiger partial charge in [-0.3, -0.25) is 4.90 Å². The molecule has 0 saturated heterocycles. The van der Waals surface area contributed by atoms with E-state index in [-0.39, 0.29) is 18.5 Å². The normalized spacial score (nSPS) is 17.2. The predicted molar refractivity (Wildman–Crippen MR) is 165 cm³/mol. The molecule has 0 bridgehead atoms. The van der Waals surface area contributed by atoms with E-state index in [1.165, 1.54) is 30.4 Å². The second kappa shape index (κ2) is 13.1. The molecule has 1 aliphatic heterocycles. The Morgan fingerprint density at radius 2 is 1.78 bits per heavy atom. The molecule has 1 aliphatic carbocycles. The van der Waals surface area contributed by atoms with Gasteiger partial charge in [-0.05, 0) is 61.2 Å². The standard InChI is InChI=1S/C34H38N2O4.ClH/c1-35(21-24-10-4-2-5-11-24)18-19-39-27-22-36-30-20-26(34(37)38)16-17-28(30)32(25-12-6-3-7-13-25)33(36)29-14-8-9-15-31(29)40-23-27;/h2,4-5,8-11,14-17,20,25,27H,3,6-7,12-13,18-19,21-23H2,1H3,(H,37,38);1H/t27-;/m0./s1. The Bertz CT molecular complexity index is 1480. The highest BCUT2D eigenvalue weighted by molar-refractivity contribution is 5.98. The molecule has 1 N–H and O–H groups in total.